The van der Waals surface area contributed by atoms with Crippen molar-refractivity contribution in [2.75, 3.05) is 6.54 Å². The zero-order valence-corrected chi connectivity index (χ0v) is 12.6. The SMILES string of the molecule is CCCCCCCCNC(=O)CC(N)c1ccccc1. The van der Waals surface area contributed by atoms with E-state index in [4.69, 9.17) is 5.73 Å². The van der Waals surface area contributed by atoms with Gasteiger partial charge in [0.05, 0.1) is 0 Å². The highest BCUT2D eigenvalue weighted by Crippen LogP contribution is 2.12. The van der Waals surface area contributed by atoms with Gasteiger partial charge in [-0.05, 0) is 12.0 Å². The number of hydrogen-bond donors (Lipinski definition) is 2. The summed E-state index contributed by atoms with van der Waals surface area (Å²) in [7, 11) is 0. The summed E-state index contributed by atoms with van der Waals surface area (Å²) in [5.41, 5.74) is 7.04. The van der Waals surface area contributed by atoms with Gasteiger partial charge in [-0.3, -0.25) is 4.79 Å². The van der Waals surface area contributed by atoms with Crippen molar-refractivity contribution in [1.82, 2.24) is 5.32 Å². The van der Waals surface area contributed by atoms with Crippen LogP contribution in [0.1, 0.15) is 63.5 Å². The molecule has 1 rings (SSSR count). The first-order chi connectivity index (χ1) is 9.74. The Kier molecular flexibility index (Phi) is 8.72. The van der Waals surface area contributed by atoms with E-state index in [1.807, 2.05) is 30.3 Å². The quantitative estimate of drug-likeness (QED) is 0.642. The highest BCUT2D eigenvalue weighted by molar-refractivity contribution is 5.76. The van der Waals surface area contributed by atoms with Gasteiger partial charge in [0.1, 0.15) is 0 Å². The predicted octanol–water partition coefficient (Wildman–Crippen LogP) is 3.55. The normalized spacial score (nSPS) is 12.1. The Morgan fingerprint density at radius 1 is 1.10 bits per heavy atom. The fraction of sp³-hybridized carbons (Fsp3) is 0.588. The van der Waals surface area contributed by atoms with Crippen LogP contribution in [-0.4, -0.2) is 12.5 Å². The van der Waals surface area contributed by atoms with Gasteiger partial charge in [-0.15, -0.1) is 0 Å². The summed E-state index contributed by atoms with van der Waals surface area (Å²) >= 11 is 0. The van der Waals surface area contributed by atoms with Gasteiger partial charge in [-0.2, -0.15) is 0 Å². The lowest BCUT2D eigenvalue weighted by Gasteiger charge is -2.12. The number of carbonyl (C=O) groups excluding carboxylic acids is 1. The second kappa shape index (κ2) is 10.4. The summed E-state index contributed by atoms with van der Waals surface area (Å²) in [6, 6.07) is 9.57. The molecule has 20 heavy (non-hydrogen) atoms. The molecule has 3 heteroatoms. The van der Waals surface area contributed by atoms with Gasteiger partial charge in [0.2, 0.25) is 5.91 Å². The molecule has 0 saturated carbocycles. The number of nitrogens with two attached hydrogens (primary N) is 1. The number of benzene rings is 1. The van der Waals surface area contributed by atoms with Crippen molar-refractivity contribution < 1.29 is 4.79 Å². The Labute approximate surface area is 122 Å². The van der Waals surface area contributed by atoms with Crippen LogP contribution in [0.2, 0.25) is 0 Å². The molecule has 0 radical (unpaired) electrons. The van der Waals surface area contributed by atoms with Gasteiger partial charge in [-0.1, -0.05) is 69.4 Å². The second-order valence-corrected chi connectivity index (χ2v) is 5.34. The highest BCUT2D eigenvalue weighted by Gasteiger charge is 2.10. The second-order valence-electron chi connectivity index (χ2n) is 5.34. The van der Waals surface area contributed by atoms with E-state index in [9.17, 15) is 4.79 Å². The topological polar surface area (TPSA) is 55.1 Å². The molecular weight excluding hydrogens is 248 g/mol. The molecule has 0 aliphatic rings. The fourth-order valence-corrected chi connectivity index (χ4v) is 2.22. The van der Waals surface area contributed by atoms with Crippen LogP contribution in [-0.2, 0) is 4.79 Å². The molecule has 0 spiro atoms. The fourth-order valence-electron chi connectivity index (χ4n) is 2.22. The summed E-state index contributed by atoms with van der Waals surface area (Å²) in [6.07, 6.45) is 7.80. The van der Waals surface area contributed by atoms with E-state index in [2.05, 4.69) is 12.2 Å². The minimum Gasteiger partial charge on any atom is -0.356 e. The number of hydrogen-bond acceptors (Lipinski definition) is 2. The third kappa shape index (κ3) is 7.29. The minimum absolute atomic E-state index is 0.0508. The molecule has 1 aromatic carbocycles. The van der Waals surface area contributed by atoms with E-state index in [1.165, 1.54) is 32.1 Å². The van der Waals surface area contributed by atoms with Gasteiger partial charge in [0.15, 0.2) is 0 Å². The van der Waals surface area contributed by atoms with Crippen molar-refractivity contribution in [2.45, 2.75) is 57.9 Å². The van der Waals surface area contributed by atoms with Crippen LogP contribution in [0.3, 0.4) is 0 Å². The summed E-state index contributed by atoms with van der Waals surface area (Å²) in [5.74, 6) is 0.0508. The first-order valence-corrected chi connectivity index (χ1v) is 7.81. The highest BCUT2D eigenvalue weighted by atomic mass is 16.1. The molecule has 0 aromatic heterocycles. The molecule has 1 atom stereocenters. The van der Waals surface area contributed by atoms with Crippen molar-refractivity contribution in [3.63, 3.8) is 0 Å². The van der Waals surface area contributed by atoms with Crippen LogP contribution in [0.4, 0.5) is 0 Å². The van der Waals surface area contributed by atoms with Crippen LogP contribution < -0.4 is 11.1 Å². The maximum absolute atomic E-state index is 11.8. The molecule has 0 aliphatic carbocycles. The van der Waals surface area contributed by atoms with Crippen LogP contribution in [0.15, 0.2) is 30.3 Å². The van der Waals surface area contributed by atoms with Gasteiger partial charge in [0, 0.05) is 19.0 Å². The van der Waals surface area contributed by atoms with Crippen LogP contribution in [0, 0.1) is 0 Å². The molecular formula is C17H28N2O. The van der Waals surface area contributed by atoms with Crippen molar-refractivity contribution in [2.24, 2.45) is 5.73 Å². The summed E-state index contributed by atoms with van der Waals surface area (Å²) in [6.45, 7) is 2.99. The zero-order chi connectivity index (χ0) is 14.6. The number of rotatable bonds is 10. The molecule has 1 unspecified atom stereocenters. The maximum atomic E-state index is 11.8. The van der Waals surface area contributed by atoms with E-state index in [0.29, 0.717) is 6.42 Å². The lowest BCUT2D eigenvalue weighted by atomic mass is 10.0. The van der Waals surface area contributed by atoms with Crippen LogP contribution in [0.5, 0.6) is 0 Å². The van der Waals surface area contributed by atoms with Crippen molar-refractivity contribution in [1.29, 1.82) is 0 Å². The maximum Gasteiger partial charge on any atom is 0.221 e. The predicted molar refractivity (Wildman–Crippen MR) is 84.4 cm³/mol. The Bertz CT molecular complexity index is 365. The first-order valence-electron chi connectivity index (χ1n) is 7.81. The van der Waals surface area contributed by atoms with Crippen LogP contribution in [0.25, 0.3) is 0 Å². The molecule has 1 aromatic rings. The molecule has 0 bridgehead atoms. The molecule has 3 N–H and O–H groups in total. The Morgan fingerprint density at radius 2 is 1.75 bits per heavy atom. The van der Waals surface area contributed by atoms with E-state index in [1.54, 1.807) is 0 Å². The van der Waals surface area contributed by atoms with E-state index >= 15 is 0 Å². The monoisotopic (exact) mass is 276 g/mol. The van der Waals surface area contributed by atoms with Gasteiger partial charge >= 0.3 is 0 Å². The lowest BCUT2D eigenvalue weighted by Crippen LogP contribution is -2.28. The summed E-state index contributed by atoms with van der Waals surface area (Å²) < 4.78 is 0. The van der Waals surface area contributed by atoms with Gasteiger partial charge in [-0.25, -0.2) is 0 Å². The summed E-state index contributed by atoms with van der Waals surface area (Å²) in [4.78, 5) is 11.8. The molecule has 3 nitrogen and oxygen atoms in total. The smallest absolute Gasteiger partial charge is 0.221 e. The van der Waals surface area contributed by atoms with Gasteiger partial charge in [0.25, 0.3) is 0 Å². The van der Waals surface area contributed by atoms with Crippen molar-refractivity contribution >= 4 is 5.91 Å². The van der Waals surface area contributed by atoms with Crippen molar-refractivity contribution in [3.8, 4) is 0 Å². The third-order valence-corrected chi connectivity index (χ3v) is 3.49. The van der Waals surface area contributed by atoms with E-state index in [0.717, 1.165) is 18.5 Å². The number of nitrogens with one attached hydrogen (secondary N) is 1. The van der Waals surface area contributed by atoms with Crippen molar-refractivity contribution in [3.05, 3.63) is 35.9 Å². The lowest BCUT2D eigenvalue weighted by molar-refractivity contribution is -0.121. The van der Waals surface area contributed by atoms with Crippen LogP contribution >= 0.6 is 0 Å². The van der Waals surface area contributed by atoms with Gasteiger partial charge < -0.3 is 11.1 Å². The Hall–Kier alpha value is -1.35. The molecule has 0 heterocycles. The zero-order valence-electron chi connectivity index (χ0n) is 12.6. The number of unbranched alkanes of at least 4 members (excludes halogenated alkanes) is 5. The molecule has 0 fully saturated rings. The minimum atomic E-state index is -0.208. The average molecular weight is 276 g/mol. The standard InChI is InChI=1S/C17H28N2O/c1-2-3-4-5-6-10-13-19-17(20)14-16(18)15-11-8-7-9-12-15/h7-9,11-12,16H,2-6,10,13-14,18H2,1H3,(H,19,20). The summed E-state index contributed by atoms with van der Waals surface area (Å²) in [5, 5.41) is 2.96. The largest absolute Gasteiger partial charge is 0.356 e. The molecule has 0 aliphatic heterocycles. The number of amides is 1. The number of carbonyl (C=O) groups is 1. The molecule has 0 saturated heterocycles. The van der Waals surface area contributed by atoms with E-state index in [-0.39, 0.29) is 11.9 Å². The Morgan fingerprint density at radius 3 is 2.45 bits per heavy atom. The third-order valence-electron chi connectivity index (χ3n) is 3.49. The molecule has 1 amide bonds. The Balaban J connectivity index is 2.08. The first kappa shape index (κ1) is 16.7. The molecule has 112 valence electrons. The average Bonchev–Trinajstić information content (AvgIpc) is 2.47. The van der Waals surface area contributed by atoms with E-state index < -0.39 is 0 Å².